The second kappa shape index (κ2) is 6.34. The predicted octanol–water partition coefficient (Wildman–Crippen LogP) is 0.120. The van der Waals surface area contributed by atoms with Gasteiger partial charge in [0.25, 0.3) is 0 Å². The summed E-state index contributed by atoms with van der Waals surface area (Å²) >= 11 is 1.41. The molecule has 0 aromatic rings. The second-order valence-electron chi connectivity index (χ2n) is 5.05. The normalized spacial score (nSPS) is 22.1. The zero-order chi connectivity index (χ0) is 14.7. The number of carbonyl (C=O) groups is 3. The number of urea groups is 1. The largest absolute Gasteiger partial charge is 0.480 e. The minimum absolute atomic E-state index is 0.00629. The summed E-state index contributed by atoms with van der Waals surface area (Å²) in [5.74, 6) is -0.313. The fourth-order valence-electron chi connectivity index (χ4n) is 2.39. The number of carboxylic acid groups (broad SMARTS) is 1. The van der Waals surface area contributed by atoms with Gasteiger partial charge in [-0.2, -0.15) is 0 Å². The Kier molecular flexibility index (Phi) is 4.74. The first-order valence-electron chi connectivity index (χ1n) is 6.60. The van der Waals surface area contributed by atoms with Crippen LogP contribution in [-0.2, 0) is 9.59 Å². The van der Waals surface area contributed by atoms with Crippen LogP contribution in [0.3, 0.4) is 0 Å². The van der Waals surface area contributed by atoms with Crippen LogP contribution >= 0.6 is 11.8 Å². The highest BCUT2D eigenvalue weighted by molar-refractivity contribution is 7.99. The molecule has 2 aliphatic rings. The van der Waals surface area contributed by atoms with Gasteiger partial charge in [-0.05, 0) is 12.8 Å². The minimum atomic E-state index is -0.998. The van der Waals surface area contributed by atoms with Gasteiger partial charge >= 0.3 is 12.0 Å². The third kappa shape index (κ3) is 3.17. The Hall–Kier alpha value is -1.44. The van der Waals surface area contributed by atoms with Crippen LogP contribution in [0.2, 0.25) is 0 Å². The van der Waals surface area contributed by atoms with Gasteiger partial charge in [0.1, 0.15) is 12.6 Å². The van der Waals surface area contributed by atoms with Crippen molar-refractivity contribution in [3.63, 3.8) is 0 Å². The number of aliphatic carboxylic acids is 1. The van der Waals surface area contributed by atoms with Crippen molar-refractivity contribution in [3.8, 4) is 0 Å². The van der Waals surface area contributed by atoms with Crippen molar-refractivity contribution in [2.45, 2.75) is 18.9 Å². The van der Waals surface area contributed by atoms with Crippen molar-refractivity contribution in [3.05, 3.63) is 0 Å². The maximum absolute atomic E-state index is 12.2. The molecule has 0 aromatic carbocycles. The van der Waals surface area contributed by atoms with Gasteiger partial charge in [0, 0.05) is 25.9 Å². The zero-order valence-corrected chi connectivity index (χ0v) is 12.3. The highest BCUT2D eigenvalue weighted by Gasteiger charge is 2.36. The predicted molar refractivity (Wildman–Crippen MR) is 74.4 cm³/mol. The average molecular weight is 301 g/mol. The van der Waals surface area contributed by atoms with Crippen LogP contribution in [0.15, 0.2) is 0 Å². The number of thioether (sulfide) groups is 1. The SMILES string of the molecule is CN(CC(=O)N1CCCC1)C(=O)N1CSC[C@H]1C(=O)O. The molecule has 0 saturated carbocycles. The molecule has 0 aliphatic carbocycles. The maximum Gasteiger partial charge on any atom is 0.327 e. The first-order chi connectivity index (χ1) is 9.50. The van der Waals surface area contributed by atoms with Crippen LogP contribution in [0.5, 0.6) is 0 Å². The first kappa shape index (κ1) is 15.0. The summed E-state index contributed by atoms with van der Waals surface area (Å²) in [6, 6.07) is -1.19. The Balaban J connectivity index is 1.91. The van der Waals surface area contributed by atoms with Crippen LogP contribution in [0.1, 0.15) is 12.8 Å². The van der Waals surface area contributed by atoms with E-state index in [1.807, 2.05) is 0 Å². The number of nitrogens with zero attached hydrogens (tertiary/aromatic N) is 3. The molecule has 2 aliphatic heterocycles. The number of carboxylic acids is 1. The number of amides is 3. The molecule has 1 N–H and O–H groups in total. The number of likely N-dealkylation sites (N-methyl/N-ethyl adjacent to an activating group) is 1. The Labute approximate surface area is 121 Å². The van der Waals surface area contributed by atoms with Gasteiger partial charge in [0.15, 0.2) is 0 Å². The second-order valence-corrected chi connectivity index (χ2v) is 6.05. The molecule has 7 nitrogen and oxygen atoms in total. The molecule has 8 heteroatoms. The van der Waals surface area contributed by atoms with E-state index >= 15 is 0 Å². The highest BCUT2D eigenvalue weighted by Crippen LogP contribution is 2.22. The monoisotopic (exact) mass is 301 g/mol. The lowest BCUT2D eigenvalue weighted by Gasteiger charge is -2.27. The summed E-state index contributed by atoms with van der Waals surface area (Å²) in [5.41, 5.74) is 0. The average Bonchev–Trinajstić information content (AvgIpc) is 3.08. The Morgan fingerprint density at radius 2 is 1.95 bits per heavy atom. The van der Waals surface area contributed by atoms with E-state index < -0.39 is 18.0 Å². The standard InChI is InChI=1S/C12H19N3O4S/c1-13(6-10(16)14-4-2-3-5-14)12(19)15-8-20-7-9(15)11(17)18/h9H,2-8H2,1H3,(H,17,18)/t9-/m0/s1. The van der Waals surface area contributed by atoms with E-state index in [2.05, 4.69) is 0 Å². The molecule has 2 rings (SSSR count). The Morgan fingerprint density at radius 3 is 2.55 bits per heavy atom. The Bertz CT molecular complexity index is 412. The summed E-state index contributed by atoms with van der Waals surface area (Å²) in [5, 5.41) is 9.07. The van der Waals surface area contributed by atoms with Gasteiger partial charge in [-0.25, -0.2) is 9.59 Å². The quantitative estimate of drug-likeness (QED) is 0.801. The molecule has 0 spiro atoms. The highest BCUT2D eigenvalue weighted by atomic mass is 32.2. The van der Waals surface area contributed by atoms with Gasteiger partial charge in [-0.3, -0.25) is 4.79 Å². The van der Waals surface area contributed by atoms with Crippen LogP contribution in [-0.4, -0.2) is 82.1 Å². The van der Waals surface area contributed by atoms with Gasteiger partial charge in [0.2, 0.25) is 5.91 Å². The van der Waals surface area contributed by atoms with Gasteiger partial charge < -0.3 is 19.8 Å². The summed E-state index contributed by atoms with van der Waals surface area (Å²) in [6.07, 6.45) is 2.01. The molecule has 2 saturated heterocycles. The topological polar surface area (TPSA) is 81.2 Å². The first-order valence-corrected chi connectivity index (χ1v) is 7.76. The molecule has 20 heavy (non-hydrogen) atoms. The van der Waals surface area contributed by atoms with Gasteiger partial charge in [-0.15, -0.1) is 11.8 Å². The fraction of sp³-hybridized carbons (Fsp3) is 0.750. The number of likely N-dealkylation sites (tertiary alicyclic amines) is 1. The minimum Gasteiger partial charge on any atom is -0.480 e. The molecular weight excluding hydrogens is 282 g/mol. The molecule has 3 amide bonds. The lowest BCUT2D eigenvalue weighted by molar-refractivity contribution is -0.140. The van der Waals surface area contributed by atoms with Crippen LogP contribution in [0.25, 0.3) is 0 Å². The number of hydrogen-bond donors (Lipinski definition) is 1. The summed E-state index contributed by atoms with van der Waals surface area (Å²) < 4.78 is 0. The third-order valence-electron chi connectivity index (χ3n) is 3.57. The molecule has 1 atom stereocenters. The molecule has 2 fully saturated rings. The lowest BCUT2D eigenvalue weighted by Crippen LogP contribution is -2.50. The molecule has 0 radical (unpaired) electrons. The summed E-state index contributed by atoms with van der Waals surface area (Å²) in [7, 11) is 1.54. The van der Waals surface area contributed by atoms with E-state index in [9.17, 15) is 14.4 Å². The number of carbonyl (C=O) groups excluding carboxylic acids is 2. The van der Waals surface area contributed by atoms with Gasteiger partial charge in [0.05, 0.1) is 5.88 Å². The Morgan fingerprint density at radius 1 is 1.30 bits per heavy atom. The number of rotatable bonds is 3. The van der Waals surface area contributed by atoms with Crippen LogP contribution in [0.4, 0.5) is 4.79 Å². The molecule has 112 valence electrons. The lowest BCUT2D eigenvalue weighted by atomic mass is 10.3. The number of hydrogen-bond acceptors (Lipinski definition) is 4. The van der Waals surface area contributed by atoms with E-state index in [1.54, 1.807) is 4.90 Å². The van der Waals surface area contributed by atoms with E-state index in [4.69, 9.17) is 5.11 Å². The third-order valence-corrected chi connectivity index (χ3v) is 4.58. The van der Waals surface area contributed by atoms with Crippen molar-refractivity contribution < 1.29 is 19.5 Å². The summed E-state index contributed by atoms with van der Waals surface area (Å²) in [6.45, 7) is 1.50. The molecule has 2 heterocycles. The van der Waals surface area contributed by atoms with Crippen molar-refractivity contribution in [2.75, 3.05) is 38.3 Å². The van der Waals surface area contributed by atoms with E-state index in [0.29, 0.717) is 11.6 Å². The maximum atomic E-state index is 12.2. The van der Waals surface area contributed by atoms with E-state index in [0.717, 1.165) is 25.9 Å². The van der Waals surface area contributed by atoms with E-state index in [-0.39, 0.29) is 12.5 Å². The van der Waals surface area contributed by atoms with Crippen LogP contribution < -0.4 is 0 Å². The van der Waals surface area contributed by atoms with Crippen molar-refractivity contribution >= 4 is 29.7 Å². The fourth-order valence-corrected chi connectivity index (χ4v) is 3.53. The van der Waals surface area contributed by atoms with Gasteiger partial charge in [-0.1, -0.05) is 0 Å². The van der Waals surface area contributed by atoms with Crippen molar-refractivity contribution in [1.82, 2.24) is 14.7 Å². The zero-order valence-electron chi connectivity index (χ0n) is 11.4. The molecular formula is C12H19N3O4S. The molecule has 0 bridgehead atoms. The van der Waals surface area contributed by atoms with Crippen molar-refractivity contribution in [1.29, 1.82) is 0 Å². The molecule has 0 aromatic heterocycles. The smallest absolute Gasteiger partial charge is 0.327 e. The van der Waals surface area contributed by atoms with Crippen molar-refractivity contribution in [2.24, 2.45) is 0 Å². The van der Waals surface area contributed by atoms with E-state index in [1.165, 1.54) is 28.6 Å². The summed E-state index contributed by atoms with van der Waals surface area (Å²) in [4.78, 5) is 39.6. The van der Waals surface area contributed by atoms with Crippen LogP contribution in [0, 0.1) is 0 Å². The molecule has 0 unspecified atom stereocenters.